The van der Waals surface area contributed by atoms with Crippen molar-refractivity contribution in [2.45, 2.75) is 25.3 Å². The summed E-state index contributed by atoms with van der Waals surface area (Å²) < 4.78 is 0. The Hall–Kier alpha value is -1.81. The minimum absolute atomic E-state index is 0.376. The van der Waals surface area contributed by atoms with Crippen LogP contribution in [0, 0.1) is 0 Å². The molecule has 2 N–H and O–H groups in total. The van der Waals surface area contributed by atoms with Crippen LogP contribution in [0.5, 0.6) is 0 Å². The smallest absolute Gasteiger partial charge is 0.326 e. The van der Waals surface area contributed by atoms with Crippen molar-refractivity contribution in [3.63, 3.8) is 0 Å². The number of rotatable bonds is 7. The average Bonchev–Trinajstić information content (AvgIpc) is 2.38. The van der Waals surface area contributed by atoms with Crippen LogP contribution in [0.3, 0.4) is 0 Å². The average molecular weight is 282 g/mol. The van der Waals surface area contributed by atoms with E-state index < -0.39 is 17.9 Å². The summed E-state index contributed by atoms with van der Waals surface area (Å²) >= 11 is 5.72. The molecule has 0 aliphatic rings. The second-order valence-corrected chi connectivity index (χ2v) is 4.53. The van der Waals surface area contributed by atoms with Gasteiger partial charge in [0.05, 0.1) is 0 Å². The molecule has 1 atom stereocenters. The molecule has 0 spiro atoms. The van der Waals surface area contributed by atoms with Crippen molar-refractivity contribution in [1.82, 2.24) is 5.32 Å². The van der Waals surface area contributed by atoms with Crippen molar-refractivity contribution >= 4 is 23.5 Å². The molecule has 1 amide bonds. The maximum absolute atomic E-state index is 11.9. The van der Waals surface area contributed by atoms with Gasteiger partial charge >= 0.3 is 5.97 Å². The van der Waals surface area contributed by atoms with Gasteiger partial charge in [0.25, 0.3) is 5.91 Å². The van der Waals surface area contributed by atoms with Gasteiger partial charge in [-0.25, -0.2) is 4.79 Å². The van der Waals surface area contributed by atoms with E-state index in [0.29, 0.717) is 23.4 Å². The molecule has 0 aromatic heterocycles. The number of unbranched alkanes of at least 4 members (excludes halogenated alkanes) is 1. The lowest BCUT2D eigenvalue weighted by Gasteiger charge is -2.14. The number of amides is 1. The predicted octanol–water partition coefficient (Wildman–Crippen LogP) is 2.88. The van der Waals surface area contributed by atoms with Gasteiger partial charge in [0, 0.05) is 10.6 Å². The number of halogens is 1. The lowest BCUT2D eigenvalue weighted by molar-refractivity contribution is -0.139. The lowest BCUT2D eigenvalue weighted by Crippen LogP contribution is -2.40. The highest BCUT2D eigenvalue weighted by Crippen LogP contribution is 2.10. The Balaban J connectivity index is 2.62. The van der Waals surface area contributed by atoms with E-state index in [2.05, 4.69) is 11.9 Å². The van der Waals surface area contributed by atoms with Gasteiger partial charge < -0.3 is 10.4 Å². The molecule has 1 aromatic rings. The zero-order chi connectivity index (χ0) is 14.3. The van der Waals surface area contributed by atoms with Gasteiger partial charge in [-0.2, -0.15) is 0 Å². The Morgan fingerprint density at radius 2 is 2.00 bits per heavy atom. The van der Waals surface area contributed by atoms with Crippen molar-refractivity contribution in [2.24, 2.45) is 0 Å². The fourth-order valence-corrected chi connectivity index (χ4v) is 1.69. The van der Waals surface area contributed by atoms with Crippen molar-refractivity contribution in [3.8, 4) is 0 Å². The Morgan fingerprint density at radius 3 is 2.53 bits per heavy atom. The maximum atomic E-state index is 11.9. The van der Waals surface area contributed by atoms with Crippen molar-refractivity contribution in [1.29, 1.82) is 0 Å². The standard InChI is InChI=1S/C14H16ClNO3/c1-2-3-4-5-12(14(18)19)16-13(17)10-6-8-11(15)9-7-10/h2,6-9,12H,1,3-5H2,(H,16,17)(H,18,19)/t12-/m0/s1. The molecule has 0 aliphatic carbocycles. The van der Waals surface area contributed by atoms with Gasteiger partial charge in [-0.3, -0.25) is 4.79 Å². The number of carboxylic acid groups (broad SMARTS) is 1. The molecule has 1 aromatic carbocycles. The quantitative estimate of drug-likeness (QED) is 0.596. The second-order valence-electron chi connectivity index (χ2n) is 4.09. The molecular formula is C14H16ClNO3. The highest BCUT2D eigenvalue weighted by molar-refractivity contribution is 6.30. The maximum Gasteiger partial charge on any atom is 0.326 e. The van der Waals surface area contributed by atoms with Crippen molar-refractivity contribution in [2.75, 3.05) is 0 Å². The molecular weight excluding hydrogens is 266 g/mol. The first-order valence-corrected chi connectivity index (χ1v) is 6.32. The fourth-order valence-electron chi connectivity index (χ4n) is 1.57. The number of carboxylic acids is 1. The van der Waals surface area contributed by atoms with E-state index in [1.165, 1.54) is 0 Å². The highest BCUT2D eigenvalue weighted by atomic mass is 35.5. The van der Waals surface area contributed by atoms with Gasteiger partial charge in [0.15, 0.2) is 0 Å². The SMILES string of the molecule is C=CCCC[C@H](NC(=O)c1ccc(Cl)cc1)C(=O)O. The van der Waals surface area contributed by atoms with Crippen LogP contribution in [0.25, 0.3) is 0 Å². The summed E-state index contributed by atoms with van der Waals surface area (Å²) in [6.07, 6.45) is 3.49. The topological polar surface area (TPSA) is 66.4 Å². The van der Waals surface area contributed by atoms with Crippen LogP contribution < -0.4 is 5.32 Å². The van der Waals surface area contributed by atoms with E-state index >= 15 is 0 Å². The first-order chi connectivity index (χ1) is 9.04. The highest BCUT2D eigenvalue weighted by Gasteiger charge is 2.19. The number of nitrogens with one attached hydrogen (secondary N) is 1. The number of carbonyl (C=O) groups is 2. The molecule has 0 heterocycles. The molecule has 5 heteroatoms. The molecule has 0 aliphatic heterocycles. The summed E-state index contributed by atoms with van der Waals surface area (Å²) in [6.45, 7) is 3.57. The molecule has 4 nitrogen and oxygen atoms in total. The van der Waals surface area contributed by atoms with Crippen LogP contribution >= 0.6 is 11.6 Å². The van der Waals surface area contributed by atoms with Crippen LogP contribution in [0.4, 0.5) is 0 Å². The lowest BCUT2D eigenvalue weighted by atomic mass is 10.1. The zero-order valence-corrected chi connectivity index (χ0v) is 11.2. The summed E-state index contributed by atoms with van der Waals surface area (Å²) in [6, 6.07) is 5.40. The molecule has 1 rings (SSSR count). The zero-order valence-electron chi connectivity index (χ0n) is 10.4. The Morgan fingerprint density at radius 1 is 1.37 bits per heavy atom. The molecule has 0 saturated carbocycles. The largest absolute Gasteiger partial charge is 0.480 e. The van der Waals surface area contributed by atoms with Crippen molar-refractivity contribution < 1.29 is 14.7 Å². The molecule has 102 valence electrons. The van der Waals surface area contributed by atoms with E-state index in [1.807, 2.05) is 0 Å². The fraction of sp³-hybridized carbons (Fsp3) is 0.286. The third-order valence-electron chi connectivity index (χ3n) is 2.61. The molecule has 0 fully saturated rings. The minimum Gasteiger partial charge on any atom is -0.480 e. The third-order valence-corrected chi connectivity index (χ3v) is 2.86. The molecule has 0 saturated heterocycles. The minimum atomic E-state index is -1.04. The first-order valence-electron chi connectivity index (χ1n) is 5.94. The molecule has 0 bridgehead atoms. The van der Waals surface area contributed by atoms with E-state index in [1.54, 1.807) is 30.3 Å². The number of benzene rings is 1. The summed E-state index contributed by atoms with van der Waals surface area (Å²) in [7, 11) is 0. The molecule has 0 unspecified atom stereocenters. The third kappa shape index (κ3) is 5.14. The van der Waals surface area contributed by atoms with Crippen LogP contribution in [0.1, 0.15) is 29.6 Å². The Labute approximate surface area is 117 Å². The van der Waals surface area contributed by atoms with Crippen LogP contribution in [0.15, 0.2) is 36.9 Å². The molecule has 0 radical (unpaired) electrons. The number of aliphatic carboxylic acids is 1. The molecule has 19 heavy (non-hydrogen) atoms. The van der Waals surface area contributed by atoms with Crippen molar-refractivity contribution in [3.05, 3.63) is 47.5 Å². The summed E-state index contributed by atoms with van der Waals surface area (Å²) in [4.78, 5) is 22.9. The Bertz CT molecular complexity index is 456. The van der Waals surface area contributed by atoms with Crippen LogP contribution in [-0.4, -0.2) is 23.0 Å². The summed E-state index contributed by atoms with van der Waals surface area (Å²) in [5.74, 6) is -1.45. The number of hydrogen-bond acceptors (Lipinski definition) is 2. The van der Waals surface area contributed by atoms with Gasteiger partial charge in [0.1, 0.15) is 6.04 Å². The Kier molecular flexibility index (Phi) is 6.09. The predicted molar refractivity (Wildman–Crippen MR) is 74.4 cm³/mol. The normalized spacial score (nSPS) is 11.6. The van der Waals surface area contributed by atoms with Gasteiger partial charge in [-0.05, 0) is 43.5 Å². The van der Waals surface area contributed by atoms with E-state index in [-0.39, 0.29) is 0 Å². The van der Waals surface area contributed by atoms with Gasteiger partial charge in [0.2, 0.25) is 0 Å². The van der Waals surface area contributed by atoms with E-state index in [0.717, 1.165) is 6.42 Å². The van der Waals surface area contributed by atoms with Crippen LogP contribution in [-0.2, 0) is 4.79 Å². The van der Waals surface area contributed by atoms with Gasteiger partial charge in [-0.1, -0.05) is 17.7 Å². The number of allylic oxidation sites excluding steroid dienone is 1. The monoisotopic (exact) mass is 281 g/mol. The summed E-state index contributed by atoms with van der Waals surface area (Å²) in [5, 5.41) is 12.1. The number of carbonyl (C=O) groups excluding carboxylic acids is 1. The van der Waals surface area contributed by atoms with E-state index in [9.17, 15) is 9.59 Å². The van der Waals surface area contributed by atoms with Crippen LogP contribution in [0.2, 0.25) is 5.02 Å². The first kappa shape index (κ1) is 15.2. The van der Waals surface area contributed by atoms with Gasteiger partial charge in [-0.15, -0.1) is 6.58 Å². The summed E-state index contributed by atoms with van der Waals surface area (Å²) in [5.41, 5.74) is 0.388. The van der Waals surface area contributed by atoms with E-state index in [4.69, 9.17) is 16.7 Å². The number of hydrogen-bond donors (Lipinski definition) is 2. The second kappa shape index (κ2) is 7.59.